The smallest absolute Gasteiger partial charge is 0.249 e. The zero-order chi connectivity index (χ0) is 10.4. The molecule has 84 valence electrons. The molecule has 1 heterocycles. The number of carbonyl (C=O) groups is 1. The van der Waals surface area contributed by atoms with Crippen LogP contribution < -0.4 is 10.3 Å². The number of halogens is 1. The number of aromatic nitrogens is 1. The zero-order valence-corrected chi connectivity index (χ0v) is 10.7. The summed E-state index contributed by atoms with van der Waals surface area (Å²) in [7, 11) is 0. The van der Waals surface area contributed by atoms with Crippen molar-refractivity contribution in [3.8, 4) is 0 Å². The van der Waals surface area contributed by atoms with E-state index < -0.39 is 0 Å². The Bertz CT molecular complexity index is 298. The fourth-order valence-electron chi connectivity index (χ4n) is 1.32. The van der Waals surface area contributed by atoms with E-state index in [1.54, 1.807) is 12.1 Å². The topological polar surface area (TPSA) is 47.0 Å². The molecule has 2 N–H and O–H groups in total. The van der Waals surface area contributed by atoms with Crippen LogP contribution in [0.15, 0.2) is 24.5 Å². The summed E-state index contributed by atoms with van der Waals surface area (Å²) in [4.78, 5) is 10.8. The Kier molecular flexibility index (Phi) is 6.96. The van der Waals surface area contributed by atoms with Crippen molar-refractivity contribution in [3.63, 3.8) is 0 Å². The van der Waals surface area contributed by atoms with Crippen LogP contribution in [0.1, 0.15) is 36.5 Å². The van der Waals surface area contributed by atoms with E-state index in [-0.39, 0.29) is 22.9 Å². The third-order valence-electron chi connectivity index (χ3n) is 2.20. The van der Waals surface area contributed by atoms with Gasteiger partial charge in [-0.3, -0.25) is 4.79 Å². The normalized spacial score (nSPS) is 9.40. The largest absolute Gasteiger partial charge is 0.366 e. The van der Waals surface area contributed by atoms with Gasteiger partial charge in [0.1, 0.15) is 6.54 Å². The molecular formula is C11H18BrN2O+. The first kappa shape index (κ1) is 14.1. The number of primary amides is 1. The molecule has 0 atom stereocenters. The van der Waals surface area contributed by atoms with E-state index in [1.807, 2.05) is 12.4 Å². The molecule has 1 aromatic heterocycles. The fraction of sp³-hybridized carbons (Fsp3) is 0.455. The Hall–Kier alpha value is -0.900. The Morgan fingerprint density at radius 3 is 2.40 bits per heavy atom. The van der Waals surface area contributed by atoms with Gasteiger partial charge in [0.2, 0.25) is 5.91 Å². The maximum Gasteiger partial charge on any atom is 0.249 e. The van der Waals surface area contributed by atoms with E-state index >= 15 is 0 Å². The van der Waals surface area contributed by atoms with Crippen molar-refractivity contribution in [2.24, 2.45) is 5.73 Å². The van der Waals surface area contributed by atoms with E-state index in [1.165, 1.54) is 19.3 Å². The Labute approximate surface area is 101 Å². The highest BCUT2D eigenvalue weighted by Gasteiger charge is 2.03. The number of amides is 1. The van der Waals surface area contributed by atoms with Crippen molar-refractivity contribution in [1.29, 1.82) is 0 Å². The maximum atomic E-state index is 10.8. The molecule has 0 fully saturated rings. The van der Waals surface area contributed by atoms with E-state index in [2.05, 4.69) is 11.5 Å². The van der Waals surface area contributed by atoms with Crippen LogP contribution in [-0.4, -0.2) is 5.91 Å². The van der Waals surface area contributed by atoms with Crippen molar-refractivity contribution in [2.45, 2.75) is 32.7 Å². The molecule has 0 aliphatic carbocycles. The molecule has 3 nitrogen and oxygen atoms in total. The van der Waals surface area contributed by atoms with Gasteiger partial charge in [-0.25, -0.2) is 4.57 Å². The zero-order valence-electron chi connectivity index (χ0n) is 8.98. The minimum Gasteiger partial charge on any atom is -0.366 e. The summed E-state index contributed by atoms with van der Waals surface area (Å²) in [5.74, 6) is -0.370. The molecule has 1 rings (SSSR count). The highest BCUT2D eigenvalue weighted by molar-refractivity contribution is 8.93. The van der Waals surface area contributed by atoms with Crippen LogP contribution in [0.25, 0.3) is 0 Å². The summed E-state index contributed by atoms with van der Waals surface area (Å²) in [5, 5.41) is 0. The van der Waals surface area contributed by atoms with Gasteiger partial charge in [0, 0.05) is 18.6 Å². The van der Waals surface area contributed by atoms with Gasteiger partial charge in [0.05, 0.1) is 5.56 Å². The van der Waals surface area contributed by atoms with E-state index in [9.17, 15) is 4.79 Å². The van der Waals surface area contributed by atoms with Crippen molar-refractivity contribution in [2.75, 3.05) is 0 Å². The first-order chi connectivity index (χ1) is 6.74. The second kappa shape index (κ2) is 7.40. The molecule has 4 heteroatoms. The number of hydrogen-bond donors (Lipinski definition) is 1. The summed E-state index contributed by atoms with van der Waals surface area (Å²) in [6, 6.07) is 3.52. The van der Waals surface area contributed by atoms with Gasteiger partial charge in [0.15, 0.2) is 12.4 Å². The van der Waals surface area contributed by atoms with Crippen LogP contribution in [0.3, 0.4) is 0 Å². The van der Waals surface area contributed by atoms with Gasteiger partial charge in [-0.1, -0.05) is 13.3 Å². The molecule has 0 radical (unpaired) electrons. The van der Waals surface area contributed by atoms with Crippen molar-refractivity contribution in [3.05, 3.63) is 30.1 Å². The highest BCUT2D eigenvalue weighted by atomic mass is 79.9. The highest BCUT2D eigenvalue weighted by Crippen LogP contribution is 1.95. The summed E-state index contributed by atoms with van der Waals surface area (Å²) < 4.78 is 2.07. The monoisotopic (exact) mass is 273 g/mol. The molecular weight excluding hydrogens is 256 g/mol. The Morgan fingerprint density at radius 1 is 1.33 bits per heavy atom. The minimum atomic E-state index is -0.370. The second-order valence-corrected chi connectivity index (χ2v) is 3.40. The molecule has 1 aromatic rings. The van der Waals surface area contributed by atoms with E-state index in [0.29, 0.717) is 5.56 Å². The number of nitrogens with two attached hydrogens (primary N) is 1. The van der Waals surface area contributed by atoms with Crippen molar-refractivity contribution >= 4 is 22.9 Å². The molecule has 0 aromatic carbocycles. The third kappa shape index (κ3) is 4.93. The van der Waals surface area contributed by atoms with Gasteiger partial charge in [-0.05, 0) is 6.42 Å². The van der Waals surface area contributed by atoms with Crippen LogP contribution in [-0.2, 0) is 6.54 Å². The molecule has 0 saturated carbocycles. The van der Waals surface area contributed by atoms with Crippen LogP contribution >= 0.6 is 17.0 Å². The van der Waals surface area contributed by atoms with Gasteiger partial charge >= 0.3 is 0 Å². The van der Waals surface area contributed by atoms with Crippen LogP contribution in [0, 0.1) is 0 Å². The lowest BCUT2D eigenvalue weighted by Gasteiger charge is -1.96. The summed E-state index contributed by atoms with van der Waals surface area (Å²) in [6.07, 6.45) is 7.44. The number of carbonyl (C=O) groups excluding carboxylic acids is 1. The summed E-state index contributed by atoms with van der Waals surface area (Å²) in [6.45, 7) is 3.19. The molecule has 0 bridgehead atoms. The van der Waals surface area contributed by atoms with Crippen molar-refractivity contribution < 1.29 is 9.36 Å². The van der Waals surface area contributed by atoms with Crippen LogP contribution in [0.5, 0.6) is 0 Å². The maximum absolute atomic E-state index is 10.8. The number of unbranched alkanes of at least 4 members (excludes halogenated alkanes) is 2. The molecule has 1 amide bonds. The van der Waals surface area contributed by atoms with Gasteiger partial charge in [-0.15, -0.1) is 17.0 Å². The first-order valence-corrected chi connectivity index (χ1v) is 5.03. The van der Waals surface area contributed by atoms with Crippen LogP contribution in [0.4, 0.5) is 0 Å². The predicted octanol–water partition coefficient (Wildman–Crippen LogP) is 1.84. The lowest BCUT2D eigenvalue weighted by molar-refractivity contribution is -0.697. The Morgan fingerprint density at radius 2 is 1.93 bits per heavy atom. The summed E-state index contributed by atoms with van der Waals surface area (Å²) in [5.41, 5.74) is 5.70. The van der Waals surface area contributed by atoms with Gasteiger partial charge < -0.3 is 5.73 Å². The number of aryl methyl sites for hydroxylation is 1. The molecule has 0 spiro atoms. The fourth-order valence-corrected chi connectivity index (χ4v) is 1.32. The molecule has 0 saturated heterocycles. The number of rotatable bonds is 5. The number of hydrogen-bond acceptors (Lipinski definition) is 1. The van der Waals surface area contributed by atoms with Gasteiger partial charge in [-0.2, -0.15) is 0 Å². The molecule has 15 heavy (non-hydrogen) atoms. The second-order valence-electron chi connectivity index (χ2n) is 3.40. The standard InChI is InChI=1S/C11H16N2O.BrH/c1-2-3-4-7-13-8-5-10(6-9-13)11(12)14;/h5-6,8-9H,2-4,7H2,1H3,(H-,12,14);1H/p+1. The number of pyridine rings is 1. The van der Waals surface area contributed by atoms with E-state index in [4.69, 9.17) is 5.73 Å². The lowest BCUT2D eigenvalue weighted by atomic mass is 10.2. The lowest BCUT2D eigenvalue weighted by Crippen LogP contribution is -2.33. The summed E-state index contributed by atoms with van der Waals surface area (Å²) >= 11 is 0. The van der Waals surface area contributed by atoms with Gasteiger partial charge in [0.25, 0.3) is 0 Å². The quantitative estimate of drug-likeness (QED) is 0.646. The SMILES string of the molecule is Br.CCCCC[n+]1ccc(C(N)=O)cc1. The minimum absolute atomic E-state index is 0. The average Bonchev–Trinajstić information content (AvgIpc) is 2.19. The Balaban J connectivity index is 0.00000196. The third-order valence-corrected chi connectivity index (χ3v) is 2.20. The molecule has 0 unspecified atom stereocenters. The van der Waals surface area contributed by atoms with E-state index in [0.717, 1.165) is 6.54 Å². The number of nitrogens with zero attached hydrogens (tertiary/aromatic N) is 1. The molecule has 0 aliphatic rings. The molecule has 0 aliphatic heterocycles. The van der Waals surface area contributed by atoms with Crippen LogP contribution in [0.2, 0.25) is 0 Å². The van der Waals surface area contributed by atoms with Crippen molar-refractivity contribution in [1.82, 2.24) is 0 Å². The average molecular weight is 274 g/mol. The first-order valence-electron chi connectivity index (χ1n) is 5.03. The predicted molar refractivity (Wildman–Crippen MR) is 65.0 cm³/mol.